The highest BCUT2D eigenvalue weighted by Gasteiger charge is 2.49. The van der Waals surface area contributed by atoms with Crippen molar-refractivity contribution in [2.75, 3.05) is 37.7 Å². The summed E-state index contributed by atoms with van der Waals surface area (Å²) in [6.07, 6.45) is 0.706. The lowest BCUT2D eigenvalue weighted by molar-refractivity contribution is 0.190. The van der Waals surface area contributed by atoms with Gasteiger partial charge in [-0.1, -0.05) is 29.3 Å². The fourth-order valence-electron chi connectivity index (χ4n) is 3.40. The molecule has 0 aromatic heterocycles. The number of carbonyl (C=O) groups is 1. The average Bonchev–Trinajstić information content (AvgIpc) is 2.62. The first-order chi connectivity index (χ1) is 13.1. The first-order valence-electron chi connectivity index (χ1n) is 8.75. The van der Waals surface area contributed by atoms with Crippen molar-refractivity contribution in [1.82, 2.24) is 15.5 Å². The van der Waals surface area contributed by atoms with Gasteiger partial charge >= 0.3 is 6.03 Å². The number of hydrogen-bond donors (Lipinski definition) is 2. The molecular formula is C16H21Cl2N3O5S2. The number of urea groups is 1. The molecule has 3 rings (SSSR count). The number of sulfone groups is 2. The summed E-state index contributed by atoms with van der Waals surface area (Å²) in [4.78, 5) is 12.3. The Labute approximate surface area is 174 Å². The van der Waals surface area contributed by atoms with E-state index in [0.717, 1.165) is 0 Å². The molecule has 0 saturated carbocycles. The smallest absolute Gasteiger partial charge is 0.318 e. The maximum absolute atomic E-state index is 13.5. The molecule has 2 N–H and O–H groups in total. The summed E-state index contributed by atoms with van der Waals surface area (Å²) in [5.74, 6) is -0.288. The van der Waals surface area contributed by atoms with Gasteiger partial charge in [0.15, 0.2) is 14.7 Å². The maximum Gasteiger partial charge on any atom is 0.318 e. The van der Waals surface area contributed by atoms with Crippen LogP contribution in [0.4, 0.5) is 4.79 Å². The monoisotopic (exact) mass is 469 g/mol. The zero-order valence-corrected chi connectivity index (χ0v) is 18.1. The largest absolute Gasteiger partial charge is 0.323 e. The van der Waals surface area contributed by atoms with E-state index in [0.29, 0.717) is 13.0 Å². The van der Waals surface area contributed by atoms with Crippen molar-refractivity contribution < 1.29 is 21.6 Å². The molecule has 2 amide bonds. The molecule has 2 heterocycles. The molecule has 1 aromatic carbocycles. The SMILES string of the molecule is O=C(N[C@]1(S(=O)(=O)c2c(Cl)cccc2Cl)CCCNC1)N1CCS(=O)(=O)CC1. The normalized spacial score (nSPS) is 25.3. The molecule has 1 atom stereocenters. The Bertz CT molecular complexity index is 942. The minimum absolute atomic E-state index is 0.00519. The first-order valence-corrected chi connectivity index (χ1v) is 12.8. The van der Waals surface area contributed by atoms with Gasteiger partial charge in [0.05, 0.1) is 21.6 Å². The van der Waals surface area contributed by atoms with E-state index in [2.05, 4.69) is 10.6 Å². The maximum atomic E-state index is 13.5. The zero-order valence-electron chi connectivity index (χ0n) is 14.9. The van der Waals surface area contributed by atoms with Gasteiger partial charge in [-0.2, -0.15) is 0 Å². The van der Waals surface area contributed by atoms with Crippen molar-refractivity contribution in [3.8, 4) is 0 Å². The van der Waals surface area contributed by atoms with Gasteiger partial charge in [-0.25, -0.2) is 21.6 Å². The van der Waals surface area contributed by atoms with E-state index in [1.54, 1.807) is 6.07 Å². The Kier molecular flexibility index (Phi) is 6.17. The summed E-state index contributed by atoms with van der Waals surface area (Å²) in [5.41, 5.74) is 0. The Hall–Kier alpha value is -1.07. The molecule has 8 nitrogen and oxygen atoms in total. The Morgan fingerprint density at radius 3 is 2.32 bits per heavy atom. The molecule has 0 spiro atoms. The molecule has 2 saturated heterocycles. The number of piperidine rings is 1. The molecule has 2 aliphatic heterocycles. The van der Waals surface area contributed by atoms with Crippen LogP contribution in [0.1, 0.15) is 12.8 Å². The van der Waals surface area contributed by atoms with Crippen LogP contribution in [0.25, 0.3) is 0 Å². The quantitative estimate of drug-likeness (QED) is 0.689. The van der Waals surface area contributed by atoms with E-state index in [1.807, 2.05) is 0 Å². The van der Waals surface area contributed by atoms with Gasteiger partial charge in [-0.05, 0) is 31.5 Å². The summed E-state index contributed by atoms with van der Waals surface area (Å²) >= 11 is 12.3. The van der Waals surface area contributed by atoms with Gasteiger partial charge in [-0.15, -0.1) is 0 Å². The van der Waals surface area contributed by atoms with Gasteiger partial charge in [0.1, 0.15) is 4.90 Å². The Morgan fingerprint density at radius 2 is 1.79 bits per heavy atom. The van der Waals surface area contributed by atoms with Crippen molar-refractivity contribution in [2.45, 2.75) is 22.6 Å². The van der Waals surface area contributed by atoms with Gasteiger partial charge in [-0.3, -0.25) is 0 Å². The molecule has 1 aromatic rings. The molecule has 28 heavy (non-hydrogen) atoms. The minimum Gasteiger partial charge on any atom is -0.323 e. The third-order valence-electron chi connectivity index (χ3n) is 5.01. The summed E-state index contributed by atoms with van der Waals surface area (Å²) in [7, 11) is -7.31. The molecule has 2 aliphatic rings. The molecule has 2 fully saturated rings. The predicted octanol–water partition coefficient (Wildman–Crippen LogP) is 1.29. The number of benzene rings is 1. The number of nitrogens with zero attached hydrogens (tertiary/aromatic N) is 1. The number of nitrogens with one attached hydrogen (secondary N) is 2. The van der Waals surface area contributed by atoms with Gasteiger partial charge in [0.25, 0.3) is 0 Å². The summed E-state index contributed by atoms with van der Waals surface area (Å²) in [5, 5.41) is 5.63. The van der Waals surface area contributed by atoms with E-state index >= 15 is 0 Å². The molecule has 0 aliphatic carbocycles. The predicted molar refractivity (Wildman–Crippen MR) is 107 cm³/mol. The van der Waals surface area contributed by atoms with Crippen molar-refractivity contribution >= 4 is 48.9 Å². The van der Waals surface area contributed by atoms with Crippen LogP contribution in [0.5, 0.6) is 0 Å². The number of amides is 2. The van der Waals surface area contributed by atoms with Crippen LogP contribution in [0, 0.1) is 0 Å². The van der Waals surface area contributed by atoms with Crippen molar-refractivity contribution in [1.29, 1.82) is 0 Å². The minimum atomic E-state index is -4.14. The lowest BCUT2D eigenvalue weighted by atomic mass is 10.1. The summed E-state index contributed by atoms with van der Waals surface area (Å²) in [6.45, 7) is 0.648. The van der Waals surface area contributed by atoms with E-state index < -0.39 is 30.6 Å². The van der Waals surface area contributed by atoms with E-state index in [9.17, 15) is 21.6 Å². The van der Waals surface area contributed by atoms with Gasteiger partial charge in [0, 0.05) is 19.6 Å². The van der Waals surface area contributed by atoms with Crippen LogP contribution >= 0.6 is 23.2 Å². The molecule has 156 valence electrons. The third kappa shape index (κ3) is 4.11. The highest BCUT2D eigenvalue weighted by Crippen LogP contribution is 2.37. The van der Waals surface area contributed by atoms with Crippen LogP contribution in [-0.2, 0) is 19.7 Å². The topological polar surface area (TPSA) is 113 Å². The lowest BCUT2D eigenvalue weighted by Gasteiger charge is -2.40. The Balaban J connectivity index is 1.94. The van der Waals surface area contributed by atoms with E-state index in [1.165, 1.54) is 17.0 Å². The fraction of sp³-hybridized carbons (Fsp3) is 0.562. The standard InChI is InChI=1S/C16H21Cl2N3O5S2/c17-12-3-1-4-13(18)14(12)28(25,26)16(5-2-6-19-11-16)20-15(22)21-7-9-27(23,24)10-8-21/h1,3-4,19H,2,5-11H2,(H,20,22)/t16-/m0/s1. The second-order valence-corrected chi connectivity index (χ2v) is 12.2. The fourth-order valence-corrected chi connectivity index (χ4v) is 7.58. The van der Waals surface area contributed by atoms with Crippen LogP contribution < -0.4 is 10.6 Å². The second kappa shape index (κ2) is 7.98. The summed E-state index contributed by atoms with van der Waals surface area (Å²) < 4.78 is 50.3. The number of hydrogen-bond acceptors (Lipinski definition) is 6. The highest BCUT2D eigenvalue weighted by molar-refractivity contribution is 7.93. The second-order valence-electron chi connectivity index (χ2n) is 6.90. The van der Waals surface area contributed by atoms with Crippen molar-refractivity contribution in [3.05, 3.63) is 28.2 Å². The van der Waals surface area contributed by atoms with Crippen LogP contribution in [0.3, 0.4) is 0 Å². The van der Waals surface area contributed by atoms with Gasteiger partial charge in [0.2, 0.25) is 9.84 Å². The molecule has 0 radical (unpaired) electrons. The van der Waals surface area contributed by atoms with E-state index in [4.69, 9.17) is 23.2 Å². The third-order valence-corrected chi connectivity index (χ3v) is 9.93. The zero-order chi connectivity index (χ0) is 20.6. The molecule has 0 bridgehead atoms. The van der Waals surface area contributed by atoms with Crippen LogP contribution in [-0.4, -0.2) is 70.3 Å². The van der Waals surface area contributed by atoms with E-state index in [-0.39, 0.29) is 52.5 Å². The number of halogens is 2. The van der Waals surface area contributed by atoms with Crippen molar-refractivity contribution in [2.24, 2.45) is 0 Å². The summed E-state index contributed by atoms with van der Waals surface area (Å²) in [6, 6.07) is 3.79. The lowest BCUT2D eigenvalue weighted by Crippen LogP contribution is -2.65. The number of carbonyl (C=O) groups excluding carboxylic acids is 1. The highest BCUT2D eigenvalue weighted by atomic mass is 35.5. The van der Waals surface area contributed by atoms with Crippen LogP contribution in [0.15, 0.2) is 23.1 Å². The van der Waals surface area contributed by atoms with Crippen molar-refractivity contribution in [3.63, 3.8) is 0 Å². The van der Waals surface area contributed by atoms with Gasteiger partial charge < -0.3 is 15.5 Å². The van der Waals surface area contributed by atoms with Crippen LogP contribution in [0.2, 0.25) is 10.0 Å². The molecule has 12 heteroatoms. The average molecular weight is 470 g/mol. The molecular weight excluding hydrogens is 449 g/mol. The Morgan fingerprint density at radius 1 is 1.18 bits per heavy atom. The first kappa shape index (κ1) is 21.6. The molecule has 0 unspecified atom stereocenters. The number of rotatable bonds is 3.